The number of benzene rings is 3. The Kier molecular flexibility index (Phi) is 11.4. The first-order valence-corrected chi connectivity index (χ1v) is 21.0. The zero-order valence-electron chi connectivity index (χ0n) is 35.8. The second-order valence-corrected chi connectivity index (χ2v) is 16.8. The average Bonchev–Trinajstić information content (AvgIpc) is 4.08. The Morgan fingerprint density at radius 1 is 0.787 bits per heavy atom. The van der Waals surface area contributed by atoms with E-state index in [2.05, 4.69) is 50.9 Å². The third-order valence-corrected chi connectivity index (χ3v) is 12.7. The minimum absolute atomic E-state index is 0.0198. The van der Waals surface area contributed by atoms with Crippen molar-refractivity contribution in [2.75, 3.05) is 21.3 Å². The Balaban J connectivity index is 1.05. The highest BCUT2D eigenvalue weighted by Crippen LogP contribution is 2.44. The Bertz CT molecular complexity index is 2500. The van der Waals surface area contributed by atoms with Crippen molar-refractivity contribution in [3.05, 3.63) is 65.9 Å². The quantitative estimate of drug-likeness (QED) is 0.115. The van der Waals surface area contributed by atoms with Gasteiger partial charge in [-0.05, 0) is 98.7 Å². The minimum Gasteiger partial charge on any atom is -0.488 e. The summed E-state index contributed by atoms with van der Waals surface area (Å²) in [5.74, 6) is 1.59. The van der Waals surface area contributed by atoms with Crippen LogP contribution in [0.1, 0.15) is 89.6 Å². The number of rotatable bonds is 10. The van der Waals surface area contributed by atoms with Gasteiger partial charge in [-0.2, -0.15) is 0 Å². The first kappa shape index (κ1) is 41.6. The molecule has 322 valence electrons. The van der Waals surface area contributed by atoms with Crippen LogP contribution in [0.15, 0.2) is 48.7 Å². The Morgan fingerprint density at radius 3 is 2.10 bits per heavy atom. The van der Waals surface area contributed by atoms with E-state index in [4.69, 9.17) is 28.9 Å². The molecule has 16 nitrogen and oxygen atoms in total. The number of imidazole rings is 2. The zero-order valence-corrected chi connectivity index (χ0v) is 35.8. The highest BCUT2D eigenvalue weighted by atomic mass is 16.5. The fraction of sp³-hybridized carbons (Fsp3) is 0.467. The van der Waals surface area contributed by atoms with Crippen molar-refractivity contribution in [2.45, 2.75) is 109 Å². The molecule has 1 unspecified atom stereocenters. The second-order valence-electron chi connectivity index (χ2n) is 16.8. The van der Waals surface area contributed by atoms with Gasteiger partial charge in [-0.1, -0.05) is 32.0 Å². The van der Waals surface area contributed by atoms with E-state index in [1.54, 1.807) is 11.8 Å². The van der Waals surface area contributed by atoms with Crippen LogP contribution >= 0.6 is 0 Å². The fourth-order valence-electron chi connectivity index (χ4n) is 9.25. The maximum absolute atomic E-state index is 14.0. The van der Waals surface area contributed by atoms with Crippen LogP contribution < -0.4 is 15.4 Å². The molecule has 5 aromatic rings. The number of hydrogen-bond acceptors (Lipinski definition) is 10. The molecule has 4 amide bonds. The summed E-state index contributed by atoms with van der Waals surface area (Å²) in [7, 11) is 4.06. The normalized spacial score (nSPS) is 21.1. The molecule has 61 heavy (non-hydrogen) atoms. The predicted octanol–water partition coefficient (Wildman–Crippen LogP) is 6.91. The van der Waals surface area contributed by atoms with E-state index < -0.39 is 30.4 Å². The smallest absolute Gasteiger partial charge is 0.407 e. The molecule has 0 radical (unpaired) electrons. The average molecular weight is 835 g/mol. The monoisotopic (exact) mass is 834 g/mol. The summed E-state index contributed by atoms with van der Waals surface area (Å²) in [5.41, 5.74) is 6.50. The van der Waals surface area contributed by atoms with E-state index in [-0.39, 0.29) is 41.9 Å². The molecule has 5 heterocycles. The van der Waals surface area contributed by atoms with Gasteiger partial charge in [0.05, 0.1) is 55.3 Å². The molecule has 2 aromatic heterocycles. The molecule has 0 saturated carbocycles. The van der Waals surface area contributed by atoms with E-state index in [0.29, 0.717) is 24.7 Å². The number of carbonyl (C=O) groups excluding carboxylic acids is 4. The van der Waals surface area contributed by atoms with E-state index >= 15 is 0 Å². The standard InChI is InChI=1S/C45H54N8O8/c1-22(2)37(50-44(56)59-7)42(54)52-23(3)9-15-34(52)40-46-20-33(48-40)27-11-13-29-28(17-27)21-61-36-19-30-26(18-31(29)36)12-14-32-39(30)49-41(47-32)35-16-10-24(4)53(35)43(55)38(25(5)58-6)51-45(57)60-8/h11-14,17-20,22-25,34-35,37-38H,9-10,15-16,21H2,1-8H3,(H,46,48)(H,47,49)(H,50,56)(H,51,57)/t23-,24-,25-,34-,35-,37?,38-/m0/s1. The first-order valence-electron chi connectivity index (χ1n) is 21.0. The van der Waals surface area contributed by atoms with E-state index in [1.807, 2.05) is 50.9 Å². The lowest BCUT2D eigenvalue weighted by Gasteiger charge is -2.33. The summed E-state index contributed by atoms with van der Waals surface area (Å²) >= 11 is 0. The summed E-state index contributed by atoms with van der Waals surface area (Å²) in [6.07, 6.45) is 2.94. The number of likely N-dealkylation sites (tertiary alicyclic amines) is 2. The fourth-order valence-corrected chi connectivity index (χ4v) is 9.25. The molecule has 2 saturated heterocycles. The van der Waals surface area contributed by atoms with Crippen LogP contribution in [-0.2, 0) is 30.4 Å². The van der Waals surface area contributed by atoms with Crippen LogP contribution in [0.3, 0.4) is 0 Å². The molecule has 16 heteroatoms. The molecule has 3 aliphatic rings. The number of methoxy groups -OCH3 is 3. The van der Waals surface area contributed by atoms with Gasteiger partial charge in [0.25, 0.3) is 0 Å². The Labute approximate surface area is 354 Å². The number of carbonyl (C=O) groups is 4. The van der Waals surface area contributed by atoms with Gasteiger partial charge >= 0.3 is 12.2 Å². The third-order valence-electron chi connectivity index (χ3n) is 12.7. The lowest BCUT2D eigenvalue weighted by atomic mass is 9.92. The Hall–Kier alpha value is -6.16. The Morgan fingerprint density at radius 2 is 1.44 bits per heavy atom. The molecule has 4 N–H and O–H groups in total. The van der Waals surface area contributed by atoms with Crippen LogP contribution in [-0.4, -0.2) is 105 Å². The number of ether oxygens (including phenoxy) is 4. The van der Waals surface area contributed by atoms with Crippen LogP contribution in [0.25, 0.3) is 44.2 Å². The van der Waals surface area contributed by atoms with Crippen molar-refractivity contribution in [2.24, 2.45) is 5.92 Å². The molecule has 3 aliphatic heterocycles. The number of H-pyrrole nitrogens is 2. The van der Waals surface area contributed by atoms with Crippen LogP contribution in [0.2, 0.25) is 0 Å². The van der Waals surface area contributed by atoms with Crippen LogP contribution in [0.5, 0.6) is 5.75 Å². The maximum atomic E-state index is 14.0. The summed E-state index contributed by atoms with van der Waals surface area (Å²) < 4.78 is 21.5. The second kappa shape index (κ2) is 16.7. The number of hydrogen-bond donors (Lipinski definition) is 4. The van der Waals surface area contributed by atoms with E-state index in [1.165, 1.54) is 21.3 Å². The maximum Gasteiger partial charge on any atom is 0.407 e. The largest absolute Gasteiger partial charge is 0.488 e. The topological polar surface area (TPSA) is 193 Å². The summed E-state index contributed by atoms with van der Waals surface area (Å²) in [5, 5.41) is 7.32. The lowest BCUT2D eigenvalue weighted by Crippen LogP contribution is -2.55. The predicted molar refractivity (Wildman–Crippen MR) is 227 cm³/mol. The molecule has 0 spiro atoms. The van der Waals surface area contributed by atoms with Crippen molar-refractivity contribution in [1.82, 2.24) is 40.4 Å². The van der Waals surface area contributed by atoms with Gasteiger partial charge in [0.2, 0.25) is 11.8 Å². The molecule has 8 rings (SSSR count). The molecule has 2 fully saturated rings. The van der Waals surface area contributed by atoms with Crippen molar-refractivity contribution in [3.63, 3.8) is 0 Å². The minimum atomic E-state index is -0.934. The number of nitrogens with one attached hydrogen (secondary N) is 4. The zero-order chi connectivity index (χ0) is 43.3. The van der Waals surface area contributed by atoms with Crippen LogP contribution in [0, 0.1) is 5.92 Å². The SMILES string of the molecule is COC(=O)NC(C(=O)N1[C@@H](C)CC[C@H]1c1ncc(-c2ccc3c(c2)COc2cc4c(ccc5[nH]c([C@@H]6CC[C@H](C)N6C(=O)[C@@H](NC(=O)OC)[C@H](C)OC)nc54)cc2-3)[nH]1)C(C)C. The molecular weight excluding hydrogens is 781 g/mol. The highest BCUT2D eigenvalue weighted by Gasteiger charge is 2.43. The molecule has 0 aliphatic carbocycles. The third kappa shape index (κ3) is 7.62. The lowest BCUT2D eigenvalue weighted by molar-refractivity contribution is -0.139. The van der Waals surface area contributed by atoms with E-state index in [9.17, 15) is 19.2 Å². The number of aromatic amines is 2. The van der Waals surface area contributed by atoms with Gasteiger partial charge in [-0.25, -0.2) is 19.6 Å². The number of aromatic nitrogens is 4. The summed E-state index contributed by atoms with van der Waals surface area (Å²) in [4.78, 5) is 72.7. The number of alkyl carbamates (subject to hydrolysis) is 2. The van der Waals surface area contributed by atoms with Gasteiger partial charge < -0.3 is 49.3 Å². The van der Waals surface area contributed by atoms with Gasteiger partial charge in [-0.3, -0.25) is 9.59 Å². The molecule has 0 bridgehead atoms. The summed E-state index contributed by atoms with van der Waals surface area (Å²) in [6.45, 7) is 9.95. The molecular formula is C45H54N8O8. The highest BCUT2D eigenvalue weighted by molar-refractivity contribution is 6.07. The van der Waals surface area contributed by atoms with E-state index in [0.717, 1.165) is 74.8 Å². The van der Waals surface area contributed by atoms with Gasteiger partial charge in [0, 0.05) is 30.1 Å². The number of fused-ring (bicyclic) bond motifs is 6. The van der Waals surface area contributed by atoms with Gasteiger partial charge in [0.15, 0.2) is 0 Å². The van der Waals surface area contributed by atoms with Crippen molar-refractivity contribution in [3.8, 4) is 28.1 Å². The van der Waals surface area contributed by atoms with Crippen LogP contribution in [0.4, 0.5) is 9.59 Å². The number of nitrogens with zero attached hydrogens (tertiary/aromatic N) is 4. The van der Waals surface area contributed by atoms with Crippen molar-refractivity contribution < 1.29 is 38.1 Å². The number of amides is 4. The molecule has 7 atom stereocenters. The van der Waals surface area contributed by atoms with Crippen molar-refractivity contribution >= 4 is 45.8 Å². The summed E-state index contributed by atoms with van der Waals surface area (Å²) in [6, 6.07) is 12.2. The first-order chi connectivity index (χ1) is 29.3. The van der Waals surface area contributed by atoms with Gasteiger partial charge in [0.1, 0.15) is 36.1 Å². The van der Waals surface area contributed by atoms with Gasteiger partial charge in [-0.15, -0.1) is 0 Å². The molecule has 3 aromatic carbocycles. The van der Waals surface area contributed by atoms with Crippen molar-refractivity contribution in [1.29, 1.82) is 0 Å².